The third-order valence-corrected chi connectivity index (χ3v) is 2.37. The van der Waals surface area contributed by atoms with Crippen molar-refractivity contribution in [3.05, 3.63) is 35.9 Å². The summed E-state index contributed by atoms with van der Waals surface area (Å²) < 4.78 is 0. The van der Waals surface area contributed by atoms with Gasteiger partial charge in [0.15, 0.2) is 0 Å². The summed E-state index contributed by atoms with van der Waals surface area (Å²) in [6, 6.07) is 11.3. The zero-order valence-corrected chi connectivity index (χ0v) is 9.66. The van der Waals surface area contributed by atoms with Crippen LogP contribution in [-0.2, 0) is 0 Å². The molecule has 84 valence electrons. The van der Waals surface area contributed by atoms with Crippen molar-refractivity contribution in [2.45, 2.75) is 20.3 Å². The molecule has 0 unspecified atom stereocenters. The number of carbonyl (C=O) groups is 1. The lowest BCUT2D eigenvalue weighted by atomic mass is 9.91. The molecule has 0 atom stereocenters. The standard InChI is InChI=1S/C13H16N2O/c1-13(2,10-14)8-9-15-12(16)11-6-4-3-5-7-11/h3-7H,8-9H2,1-2H3,(H,15,16). The number of hydrogen-bond acceptors (Lipinski definition) is 2. The number of carbonyl (C=O) groups excluding carboxylic acids is 1. The van der Waals surface area contributed by atoms with Crippen LogP contribution < -0.4 is 5.32 Å². The highest BCUT2D eigenvalue weighted by molar-refractivity contribution is 5.94. The highest BCUT2D eigenvalue weighted by atomic mass is 16.1. The lowest BCUT2D eigenvalue weighted by Crippen LogP contribution is -2.27. The maximum Gasteiger partial charge on any atom is 0.251 e. The maximum absolute atomic E-state index is 11.6. The van der Waals surface area contributed by atoms with Gasteiger partial charge in [0.1, 0.15) is 0 Å². The van der Waals surface area contributed by atoms with Gasteiger partial charge in [0.25, 0.3) is 5.91 Å². The second-order valence-electron chi connectivity index (χ2n) is 4.37. The number of nitriles is 1. The number of benzene rings is 1. The molecule has 0 spiro atoms. The maximum atomic E-state index is 11.6. The Morgan fingerprint density at radius 2 is 2.00 bits per heavy atom. The number of nitrogens with one attached hydrogen (secondary N) is 1. The van der Waals surface area contributed by atoms with Crippen molar-refractivity contribution in [2.75, 3.05) is 6.54 Å². The Morgan fingerprint density at radius 3 is 2.56 bits per heavy atom. The summed E-state index contributed by atoms with van der Waals surface area (Å²) in [7, 11) is 0. The first-order chi connectivity index (χ1) is 7.55. The van der Waals surface area contributed by atoms with E-state index in [-0.39, 0.29) is 11.3 Å². The number of hydrogen-bond donors (Lipinski definition) is 1. The first-order valence-corrected chi connectivity index (χ1v) is 5.30. The van der Waals surface area contributed by atoms with Crippen LogP contribution in [0.25, 0.3) is 0 Å². The van der Waals surface area contributed by atoms with Crippen molar-refractivity contribution in [1.29, 1.82) is 5.26 Å². The summed E-state index contributed by atoms with van der Waals surface area (Å²) in [5.74, 6) is -0.0886. The van der Waals surface area contributed by atoms with E-state index in [2.05, 4.69) is 11.4 Å². The molecule has 0 fully saturated rings. The van der Waals surface area contributed by atoms with Crippen molar-refractivity contribution in [2.24, 2.45) is 5.41 Å². The third kappa shape index (κ3) is 3.74. The molecule has 0 aliphatic carbocycles. The molecule has 0 saturated heterocycles. The summed E-state index contributed by atoms with van der Waals surface area (Å²) in [6.45, 7) is 4.25. The number of nitrogens with zero attached hydrogens (tertiary/aromatic N) is 1. The normalized spacial score (nSPS) is 10.6. The van der Waals surface area contributed by atoms with Crippen LogP contribution >= 0.6 is 0 Å². The fraction of sp³-hybridized carbons (Fsp3) is 0.385. The molecule has 1 aromatic rings. The molecular weight excluding hydrogens is 200 g/mol. The van der Waals surface area contributed by atoms with Gasteiger partial charge in [0.05, 0.1) is 11.5 Å². The summed E-state index contributed by atoms with van der Waals surface area (Å²) in [5, 5.41) is 11.6. The molecule has 0 aromatic heterocycles. The van der Waals surface area contributed by atoms with Gasteiger partial charge >= 0.3 is 0 Å². The minimum absolute atomic E-state index is 0.0886. The van der Waals surface area contributed by atoms with Crippen LogP contribution in [0, 0.1) is 16.7 Å². The van der Waals surface area contributed by atoms with Gasteiger partial charge < -0.3 is 5.32 Å². The lowest BCUT2D eigenvalue weighted by molar-refractivity contribution is 0.0950. The third-order valence-electron chi connectivity index (χ3n) is 2.37. The van der Waals surface area contributed by atoms with Crippen molar-refractivity contribution >= 4 is 5.91 Å². The van der Waals surface area contributed by atoms with E-state index in [0.717, 1.165) is 0 Å². The van der Waals surface area contributed by atoms with Crippen molar-refractivity contribution in [3.8, 4) is 6.07 Å². The predicted octanol–water partition coefficient (Wildman–Crippen LogP) is 2.36. The van der Waals surface area contributed by atoms with Gasteiger partial charge in [-0.2, -0.15) is 5.26 Å². The monoisotopic (exact) mass is 216 g/mol. The number of rotatable bonds is 4. The molecular formula is C13H16N2O. The Labute approximate surface area is 96.1 Å². The summed E-state index contributed by atoms with van der Waals surface area (Å²) in [6.07, 6.45) is 0.655. The van der Waals surface area contributed by atoms with Crippen LogP contribution in [0.3, 0.4) is 0 Å². The van der Waals surface area contributed by atoms with Crippen molar-refractivity contribution < 1.29 is 4.79 Å². The van der Waals surface area contributed by atoms with Crippen LogP contribution in [0.4, 0.5) is 0 Å². The van der Waals surface area contributed by atoms with E-state index in [1.165, 1.54) is 0 Å². The summed E-state index contributed by atoms with van der Waals surface area (Å²) in [5.41, 5.74) is 0.265. The van der Waals surface area contributed by atoms with Crippen LogP contribution in [0.5, 0.6) is 0 Å². The van der Waals surface area contributed by atoms with E-state index in [0.29, 0.717) is 18.5 Å². The first kappa shape index (κ1) is 12.3. The van der Waals surface area contributed by atoms with Crippen LogP contribution in [0.2, 0.25) is 0 Å². The Bertz CT molecular complexity index is 390. The highest BCUT2D eigenvalue weighted by Crippen LogP contribution is 2.17. The Kier molecular flexibility index (Phi) is 4.07. The molecule has 1 amide bonds. The molecule has 0 aliphatic heterocycles. The fourth-order valence-electron chi connectivity index (χ4n) is 1.24. The molecule has 3 heteroatoms. The molecule has 16 heavy (non-hydrogen) atoms. The molecule has 0 bridgehead atoms. The second kappa shape index (κ2) is 5.32. The van der Waals surface area contributed by atoms with E-state index in [1.54, 1.807) is 12.1 Å². The van der Waals surface area contributed by atoms with Gasteiger partial charge in [0.2, 0.25) is 0 Å². The fourth-order valence-corrected chi connectivity index (χ4v) is 1.24. The quantitative estimate of drug-likeness (QED) is 0.840. The van der Waals surface area contributed by atoms with E-state index >= 15 is 0 Å². The topological polar surface area (TPSA) is 52.9 Å². The largest absolute Gasteiger partial charge is 0.352 e. The van der Waals surface area contributed by atoms with Gasteiger partial charge in [0, 0.05) is 12.1 Å². The number of amides is 1. The predicted molar refractivity (Wildman–Crippen MR) is 62.8 cm³/mol. The Morgan fingerprint density at radius 1 is 1.38 bits per heavy atom. The van der Waals surface area contributed by atoms with E-state index < -0.39 is 0 Å². The molecule has 1 N–H and O–H groups in total. The smallest absolute Gasteiger partial charge is 0.251 e. The van der Waals surface area contributed by atoms with Crippen LogP contribution in [-0.4, -0.2) is 12.5 Å². The highest BCUT2D eigenvalue weighted by Gasteiger charge is 2.16. The van der Waals surface area contributed by atoms with Crippen LogP contribution in [0.15, 0.2) is 30.3 Å². The van der Waals surface area contributed by atoms with Crippen molar-refractivity contribution in [1.82, 2.24) is 5.32 Å². The second-order valence-corrected chi connectivity index (χ2v) is 4.37. The molecule has 0 radical (unpaired) electrons. The van der Waals surface area contributed by atoms with Gasteiger partial charge in [-0.1, -0.05) is 18.2 Å². The Balaban J connectivity index is 2.41. The van der Waals surface area contributed by atoms with E-state index in [9.17, 15) is 4.79 Å². The van der Waals surface area contributed by atoms with Crippen LogP contribution in [0.1, 0.15) is 30.6 Å². The zero-order chi connectivity index (χ0) is 12.0. The van der Waals surface area contributed by atoms with Gasteiger partial charge in [-0.25, -0.2) is 0 Å². The average molecular weight is 216 g/mol. The van der Waals surface area contributed by atoms with E-state index in [4.69, 9.17) is 5.26 Å². The van der Waals surface area contributed by atoms with Crippen molar-refractivity contribution in [3.63, 3.8) is 0 Å². The molecule has 0 saturated carbocycles. The average Bonchev–Trinajstić information content (AvgIpc) is 2.30. The lowest BCUT2D eigenvalue weighted by Gasteiger charge is -2.14. The summed E-state index contributed by atoms with van der Waals surface area (Å²) >= 11 is 0. The summed E-state index contributed by atoms with van der Waals surface area (Å²) in [4.78, 5) is 11.6. The zero-order valence-electron chi connectivity index (χ0n) is 9.66. The molecule has 0 aliphatic rings. The minimum Gasteiger partial charge on any atom is -0.352 e. The van der Waals surface area contributed by atoms with E-state index in [1.807, 2.05) is 32.0 Å². The van der Waals surface area contributed by atoms with Gasteiger partial charge in [-0.3, -0.25) is 4.79 Å². The Hall–Kier alpha value is -1.82. The minimum atomic E-state index is -0.385. The van der Waals surface area contributed by atoms with Gasteiger partial charge in [-0.15, -0.1) is 0 Å². The molecule has 3 nitrogen and oxygen atoms in total. The molecule has 0 heterocycles. The molecule has 1 rings (SSSR count). The SMILES string of the molecule is CC(C)(C#N)CCNC(=O)c1ccccc1. The van der Waals surface area contributed by atoms with Gasteiger partial charge in [-0.05, 0) is 32.4 Å². The molecule has 1 aromatic carbocycles. The first-order valence-electron chi connectivity index (χ1n) is 5.30.